The average Bonchev–Trinajstić information content (AvgIpc) is 3.44. The van der Waals surface area contributed by atoms with Gasteiger partial charge in [0.05, 0.1) is 23.3 Å². The number of carbonyl (C=O) groups is 1. The summed E-state index contributed by atoms with van der Waals surface area (Å²) >= 11 is 2.94. The molecule has 4 rings (SSSR count). The summed E-state index contributed by atoms with van der Waals surface area (Å²) in [5.74, 6) is 0.467. The SMILES string of the molecule is O=C(CSc1nnc(-c2cccs2)n1CC1CCCO1)Nc1ccc(F)cc1. The molecule has 6 nitrogen and oxygen atoms in total. The lowest BCUT2D eigenvalue weighted by Crippen LogP contribution is -2.18. The van der Waals surface area contributed by atoms with Gasteiger partial charge in [-0.1, -0.05) is 17.8 Å². The fraction of sp³-hybridized carbons (Fsp3) is 0.316. The monoisotopic (exact) mass is 418 g/mol. The lowest BCUT2D eigenvalue weighted by atomic mass is 10.2. The Labute approximate surface area is 170 Å². The molecule has 1 fully saturated rings. The first-order valence-electron chi connectivity index (χ1n) is 8.96. The minimum Gasteiger partial charge on any atom is -0.376 e. The number of aromatic nitrogens is 3. The Hall–Kier alpha value is -2.23. The van der Waals surface area contributed by atoms with Gasteiger partial charge in [0, 0.05) is 12.3 Å². The zero-order valence-electron chi connectivity index (χ0n) is 15.0. The summed E-state index contributed by atoms with van der Waals surface area (Å²) in [6.45, 7) is 1.45. The van der Waals surface area contributed by atoms with E-state index in [0.717, 1.165) is 30.2 Å². The largest absolute Gasteiger partial charge is 0.376 e. The second-order valence-electron chi connectivity index (χ2n) is 6.37. The molecule has 1 aromatic carbocycles. The van der Waals surface area contributed by atoms with Crippen molar-refractivity contribution in [3.63, 3.8) is 0 Å². The molecule has 1 unspecified atom stereocenters. The Bertz CT molecular complexity index is 922. The first-order valence-corrected chi connectivity index (χ1v) is 10.8. The molecule has 1 amide bonds. The lowest BCUT2D eigenvalue weighted by molar-refractivity contribution is -0.113. The Kier molecular flexibility index (Phi) is 6.04. The molecule has 1 atom stereocenters. The Morgan fingerprint density at radius 3 is 2.89 bits per heavy atom. The van der Waals surface area contributed by atoms with Gasteiger partial charge in [0.2, 0.25) is 5.91 Å². The van der Waals surface area contributed by atoms with Crippen LogP contribution in [0, 0.1) is 5.82 Å². The van der Waals surface area contributed by atoms with Crippen LogP contribution in [0.2, 0.25) is 0 Å². The summed E-state index contributed by atoms with van der Waals surface area (Å²) in [6.07, 6.45) is 2.21. The van der Waals surface area contributed by atoms with Gasteiger partial charge in [-0.25, -0.2) is 4.39 Å². The number of rotatable bonds is 7. The highest BCUT2D eigenvalue weighted by Gasteiger charge is 2.22. The molecule has 146 valence electrons. The summed E-state index contributed by atoms with van der Waals surface area (Å²) in [5.41, 5.74) is 0.562. The third-order valence-electron chi connectivity index (χ3n) is 4.33. The smallest absolute Gasteiger partial charge is 0.234 e. The van der Waals surface area contributed by atoms with Gasteiger partial charge in [-0.05, 0) is 48.6 Å². The number of benzene rings is 1. The topological polar surface area (TPSA) is 69.0 Å². The van der Waals surface area contributed by atoms with Crippen LogP contribution in [0.3, 0.4) is 0 Å². The molecule has 0 saturated carbocycles. The van der Waals surface area contributed by atoms with Gasteiger partial charge in [-0.15, -0.1) is 21.5 Å². The van der Waals surface area contributed by atoms with Gasteiger partial charge in [-0.2, -0.15) is 0 Å². The van der Waals surface area contributed by atoms with E-state index < -0.39 is 0 Å². The number of anilines is 1. The standard InChI is InChI=1S/C19H19FN4O2S2/c20-13-5-7-14(8-6-13)21-17(25)12-28-19-23-22-18(16-4-2-10-27-16)24(19)11-15-3-1-9-26-15/h2,4-8,10,15H,1,3,9,11-12H2,(H,21,25). The molecular formula is C19H19FN4O2S2. The Morgan fingerprint density at radius 1 is 1.32 bits per heavy atom. The molecule has 0 radical (unpaired) electrons. The average molecular weight is 419 g/mol. The van der Waals surface area contributed by atoms with E-state index in [1.807, 2.05) is 22.1 Å². The van der Waals surface area contributed by atoms with E-state index in [9.17, 15) is 9.18 Å². The number of thioether (sulfide) groups is 1. The predicted molar refractivity (Wildman–Crippen MR) is 108 cm³/mol. The molecule has 1 saturated heterocycles. The van der Waals surface area contributed by atoms with Crippen LogP contribution < -0.4 is 5.32 Å². The van der Waals surface area contributed by atoms with Crippen molar-refractivity contribution in [3.05, 3.63) is 47.6 Å². The zero-order chi connectivity index (χ0) is 19.3. The molecule has 0 bridgehead atoms. The van der Waals surface area contributed by atoms with Crippen molar-refractivity contribution in [2.75, 3.05) is 17.7 Å². The first kappa shape index (κ1) is 19.1. The summed E-state index contributed by atoms with van der Waals surface area (Å²) in [6, 6.07) is 9.69. The maximum absolute atomic E-state index is 13.0. The lowest BCUT2D eigenvalue weighted by Gasteiger charge is -2.14. The molecule has 3 aromatic rings. The van der Waals surface area contributed by atoms with Gasteiger partial charge in [0.15, 0.2) is 11.0 Å². The second kappa shape index (κ2) is 8.85. The van der Waals surface area contributed by atoms with Crippen LogP contribution in [-0.4, -0.2) is 39.1 Å². The van der Waals surface area contributed by atoms with Crippen molar-refractivity contribution < 1.29 is 13.9 Å². The van der Waals surface area contributed by atoms with Gasteiger partial charge in [-0.3, -0.25) is 9.36 Å². The van der Waals surface area contributed by atoms with Gasteiger partial charge in [0.25, 0.3) is 0 Å². The van der Waals surface area contributed by atoms with Crippen LogP contribution in [0.15, 0.2) is 46.9 Å². The van der Waals surface area contributed by atoms with Crippen molar-refractivity contribution in [2.45, 2.75) is 30.6 Å². The molecule has 1 N–H and O–H groups in total. The molecule has 0 spiro atoms. The maximum Gasteiger partial charge on any atom is 0.234 e. The van der Waals surface area contributed by atoms with Crippen LogP contribution in [0.25, 0.3) is 10.7 Å². The Morgan fingerprint density at radius 2 is 2.18 bits per heavy atom. The van der Waals surface area contributed by atoms with Crippen molar-refractivity contribution in [2.24, 2.45) is 0 Å². The number of ether oxygens (including phenoxy) is 1. The zero-order valence-corrected chi connectivity index (χ0v) is 16.6. The number of nitrogens with zero attached hydrogens (tertiary/aromatic N) is 3. The van der Waals surface area contributed by atoms with E-state index in [4.69, 9.17) is 4.74 Å². The highest BCUT2D eigenvalue weighted by molar-refractivity contribution is 7.99. The third-order valence-corrected chi connectivity index (χ3v) is 6.16. The minimum absolute atomic E-state index is 0.141. The fourth-order valence-electron chi connectivity index (χ4n) is 3.00. The molecule has 1 aliphatic rings. The van der Waals surface area contributed by atoms with Crippen molar-refractivity contribution >= 4 is 34.7 Å². The number of hydrogen-bond acceptors (Lipinski definition) is 6. The highest BCUT2D eigenvalue weighted by Crippen LogP contribution is 2.29. The molecule has 9 heteroatoms. The van der Waals surface area contributed by atoms with Crippen molar-refractivity contribution in [1.82, 2.24) is 14.8 Å². The number of nitrogens with one attached hydrogen (secondary N) is 1. The minimum atomic E-state index is -0.337. The van der Waals surface area contributed by atoms with E-state index in [-0.39, 0.29) is 23.6 Å². The van der Waals surface area contributed by atoms with Gasteiger partial charge >= 0.3 is 0 Å². The van der Waals surface area contributed by atoms with E-state index in [1.165, 1.54) is 36.0 Å². The van der Waals surface area contributed by atoms with Crippen LogP contribution in [0.1, 0.15) is 12.8 Å². The van der Waals surface area contributed by atoms with E-state index in [0.29, 0.717) is 17.4 Å². The quantitative estimate of drug-likeness (QED) is 0.586. The molecule has 2 aromatic heterocycles. The number of thiophene rings is 1. The van der Waals surface area contributed by atoms with E-state index >= 15 is 0 Å². The molecule has 1 aliphatic heterocycles. The normalized spacial score (nSPS) is 16.4. The first-order chi connectivity index (χ1) is 13.7. The van der Waals surface area contributed by atoms with Crippen LogP contribution in [0.5, 0.6) is 0 Å². The third kappa shape index (κ3) is 4.60. The van der Waals surface area contributed by atoms with Gasteiger partial charge < -0.3 is 10.1 Å². The highest BCUT2D eigenvalue weighted by atomic mass is 32.2. The second-order valence-corrected chi connectivity index (χ2v) is 8.26. The number of halogens is 1. The molecule has 28 heavy (non-hydrogen) atoms. The molecular weight excluding hydrogens is 399 g/mol. The van der Waals surface area contributed by atoms with Crippen molar-refractivity contribution in [3.8, 4) is 10.7 Å². The number of carbonyl (C=O) groups excluding carboxylic acids is 1. The number of amides is 1. The predicted octanol–water partition coefficient (Wildman–Crippen LogP) is 4.06. The summed E-state index contributed by atoms with van der Waals surface area (Å²) in [7, 11) is 0. The van der Waals surface area contributed by atoms with E-state index in [1.54, 1.807) is 11.3 Å². The van der Waals surface area contributed by atoms with Gasteiger partial charge in [0.1, 0.15) is 5.82 Å². The molecule has 3 heterocycles. The summed E-state index contributed by atoms with van der Waals surface area (Å²) in [4.78, 5) is 13.3. The molecule has 0 aliphatic carbocycles. The fourth-order valence-corrected chi connectivity index (χ4v) is 4.47. The van der Waals surface area contributed by atoms with Crippen LogP contribution >= 0.6 is 23.1 Å². The summed E-state index contributed by atoms with van der Waals surface area (Å²) < 4.78 is 20.8. The van der Waals surface area contributed by atoms with E-state index in [2.05, 4.69) is 15.5 Å². The Balaban J connectivity index is 1.45. The van der Waals surface area contributed by atoms with Crippen molar-refractivity contribution in [1.29, 1.82) is 0 Å². The van der Waals surface area contributed by atoms with Crippen LogP contribution in [0.4, 0.5) is 10.1 Å². The number of hydrogen-bond donors (Lipinski definition) is 1. The maximum atomic E-state index is 13.0. The summed E-state index contributed by atoms with van der Waals surface area (Å²) in [5, 5.41) is 14.1. The van der Waals surface area contributed by atoms with Crippen LogP contribution in [-0.2, 0) is 16.1 Å².